The van der Waals surface area contributed by atoms with Gasteiger partial charge in [-0.2, -0.15) is 0 Å². The third kappa shape index (κ3) is 9.53. The minimum atomic E-state index is -0.424. The first-order chi connectivity index (χ1) is 6.85. The molecule has 0 rings (SSSR count). The highest BCUT2D eigenvalue weighted by atomic mass is 16.6. The van der Waals surface area contributed by atoms with Gasteiger partial charge in [-0.1, -0.05) is 6.92 Å². The van der Waals surface area contributed by atoms with E-state index in [9.17, 15) is 4.79 Å². The van der Waals surface area contributed by atoms with Crippen LogP contribution in [0.15, 0.2) is 0 Å². The summed E-state index contributed by atoms with van der Waals surface area (Å²) in [5.41, 5.74) is 5.01. The highest BCUT2D eigenvalue weighted by molar-refractivity contribution is 5.67. The number of rotatable bonds is 5. The summed E-state index contributed by atoms with van der Waals surface area (Å²) in [7, 11) is 0. The van der Waals surface area contributed by atoms with E-state index in [0.29, 0.717) is 19.0 Å². The van der Waals surface area contributed by atoms with Gasteiger partial charge >= 0.3 is 6.09 Å². The van der Waals surface area contributed by atoms with E-state index < -0.39 is 5.60 Å². The van der Waals surface area contributed by atoms with Gasteiger partial charge in [0.15, 0.2) is 0 Å². The first-order valence-electron chi connectivity index (χ1n) is 5.52. The number of nitrogens with one attached hydrogen (secondary N) is 1. The van der Waals surface area contributed by atoms with E-state index >= 15 is 0 Å². The van der Waals surface area contributed by atoms with Crippen molar-refractivity contribution in [3.8, 4) is 0 Å². The summed E-state index contributed by atoms with van der Waals surface area (Å²) in [4.78, 5) is 11.2. The third-order valence-corrected chi connectivity index (χ3v) is 1.96. The molecular formula is C11H24N2O2. The van der Waals surface area contributed by atoms with Crippen molar-refractivity contribution in [3.05, 3.63) is 0 Å². The van der Waals surface area contributed by atoms with Crippen LogP contribution in [-0.2, 0) is 4.74 Å². The lowest BCUT2D eigenvalue weighted by Crippen LogP contribution is -2.33. The summed E-state index contributed by atoms with van der Waals surface area (Å²) in [6.45, 7) is 9.03. The molecule has 0 heterocycles. The maximum Gasteiger partial charge on any atom is 0.407 e. The summed E-state index contributed by atoms with van der Waals surface area (Å²) in [5, 5.41) is 2.73. The molecule has 3 N–H and O–H groups in total. The van der Waals surface area contributed by atoms with Gasteiger partial charge in [0.05, 0.1) is 0 Å². The minimum Gasteiger partial charge on any atom is -0.444 e. The van der Waals surface area contributed by atoms with Crippen LogP contribution in [0.5, 0.6) is 0 Å². The van der Waals surface area contributed by atoms with Crippen molar-refractivity contribution in [3.63, 3.8) is 0 Å². The van der Waals surface area contributed by atoms with Crippen molar-refractivity contribution >= 4 is 6.09 Å². The molecule has 0 aliphatic carbocycles. The second-order valence-corrected chi connectivity index (χ2v) is 4.90. The van der Waals surface area contributed by atoms with E-state index in [1.54, 1.807) is 0 Å². The number of carbonyl (C=O) groups is 1. The van der Waals surface area contributed by atoms with Gasteiger partial charge < -0.3 is 15.8 Å². The molecule has 0 saturated heterocycles. The Morgan fingerprint density at radius 2 is 2.00 bits per heavy atom. The molecule has 0 aromatic rings. The maximum atomic E-state index is 11.2. The molecular weight excluding hydrogens is 192 g/mol. The van der Waals surface area contributed by atoms with Crippen LogP contribution in [0.2, 0.25) is 0 Å². The molecule has 1 atom stereocenters. The Kier molecular flexibility index (Phi) is 6.32. The largest absolute Gasteiger partial charge is 0.444 e. The number of hydrogen-bond acceptors (Lipinski definition) is 3. The molecule has 0 bridgehead atoms. The van der Waals surface area contributed by atoms with Crippen molar-refractivity contribution in [1.29, 1.82) is 0 Å². The van der Waals surface area contributed by atoms with Crippen LogP contribution in [0.3, 0.4) is 0 Å². The molecule has 0 aliphatic heterocycles. The Bertz CT molecular complexity index is 188. The van der Waals surface area contributed by atoms with Crippen LogP contribution in [0.4, 0.5) is 4.79 Å². The fraction of sp³-hybridized carbons (Fsp3) is 0.909. The average molecular weight is 216 g/mol. The number of carbonyl (C=O) groups excluding carboxylic acids is 1. The van der Waals surface area contributed by atoms with Crippen molar-refractivity contribution < 1.29 is 9.53 Å². The number of nitrogens with two attached hydrogens (primary N) is 1. The van der Waals surface area contributed by atoms with Crippen molar-refractivity contribution in [2.75, 3.05) is 13.1 Å². The standard InChI is InChI=1S/C11H24N2O2/c1-9(5-7-12)6-8-13-10(14)15-11(2,3)4/h9H,5-8,12H2,1-4H3,(H,13,14)/t9-/m0/s1. The topological polar surface area (TPSA) is 64.3 Å². The molecule has 0 unspecified atom stereocenters. The second kappa shape index (κ2) is 6.67. The van der Waals surface area contributed by atoms with E-state index in [-0.39, 0.29) is 6.09 Å². The Hall–Kier alpha value is -0.770. The van der Waals surface area contributed by atoms with Crippen molar-refractivity contribution in [1.82, 2.24) is 5.32 Å². The zero-order valence-corrected chi connectivity index (χ0v) is 10.3. The van der Waals surface area contributed by atoms with Crippen LogP contribution in [0.25, 0.3) is 0 Å². The maximum absolute atomic E-state index is 11.2. The zero-order chi connectivity index (χ0) is 11.9. The Morgan fingerprint density at radius 3 is 2.47 bits per heavy atom. The molecule has 1 amide bonds. The van der Waals surface area contributed by atoms with E-state index in [1.807, 2.05) is 20.8 Å². The third-order valence-electron chi connectivity index (χ3n) is 1.96. The molecule has 90 valence electrons. The van der Waals surface area contributed by atoms with Gasteiger partial charge in [0.2, 0.25) is 0 Å². The van der Waals surface area contributed by atoms with Gasteiger partial charge in [0.1, 0.15) is 5.60 Å². The van der Waals surface area contributed by atoms with Gasteiger partial charge in [-0.05, 0) is 46.1 Å². The van der Waals surface area contributed by atoms with Crippen molar-refractivity contribution in [2.45, 2.75) is 46.1 Å². The summed E-state index contributed by atoms with van der Waals surface area (Å²) < 4.78 is 5.10. The minimum absolute atomic E-state index is 0.345. The lowest BCUT2D eigenvalue weighted by atomic mass is 10.0. The number of ether oxygens (including phenoxy) is 1. The molecule has 4 heteroatoms. The van der Waals surface area contributed by atoms with Crippen LogP contribution in [0.1, 0.15) is 40.5 Å². The van der Waals surface area contributed by atoms with Gasteiger partial charge in [-0.3, -0.25) is 0 Å². The zero-order valence-electron chi connectivity index (χ0n) is 10.3. The predicted octanol–water partition coefficient (Wildman–Crippen LogP) is 1.89. The highest BCUT2D eigenvalue weighted by Gasteiger charge is 2.15. The molecule has 0 saturated carbocycles. The Balaban J connectivity index is 3.55. The molecule has 4 nitrogen and oxygen atoms in total. The molecule has 0 spiro atoms. The quantitative estimate of drug-likeness (QED) is 0.737. The smallest absolute Gasteiger partial charge is 0.407 e. The highest BCUT2D eigenvalue weighted by Crippen LogP contribution is 2.07. The first-order valence-corrected chi connectivity index (χ1v) is 5.52. The van der Waals surface area contributed by atoms with Crippen molar-refractivity contribution in [2.24, 2.45) is 11.7 Å². The predicted molar refractivity (Wildman–Crippen MR) is 61.7 cm³/mol. The van der Waals surface area contributed by atoms with Crippen LogP contribution in [-0.4, -0.2) is 24.8 Å². The lowest BCUT2D eigenvalue weighted by molar-refractivity contribution is 0.0525. The van der Waals surface area contributed by atoms with E-state index in [1.165, 1.54) is 0 Å². The monoisotopic (exact) mass is 216 g/mol. The van der Waals surface area contributed by atoms with E-state index in [4.69, 9.17) is 10.5 Å². The summed E-state index contributed by atoms with van der Waals surface area (Å²) in [6.07, 6.45) is 1.59. The van der Waals surface area contributed by atoms with E-state index in [0.717, 1.165) is 12.8 Å². The molecule has 15 heavy (non-hydrogen) atoms. The first kappa shape index (κ1) is 14.2. The second-order valence-electron chi connectivity index (χ2n) is 4.90. The summed E-state index contributed by atoms with van der Waals surface area (Å²) >= 11 is 0. The lowest BCUT2D eigenvalue weighted by Gasteiger charge is -2.20. The Labute approximate surface area is 92.6 Å². The van der Waals surface area contributed by atoms with Crippen LogP contribution in [0, 0.1) is 5.92 Å². The summed E-state index contributed by atoms with van der Waals surface area (Å²) in [5.74, 6) is 0.546. The van der Waals surface area contributed by atoms with Gasteiger partial charge in [-0.15, -0.1) is 0 Å². The molecule has 0 aliphatic rings. The number of amides is 1. The van der Waals surface area contributed by atoms with Gasteiger partial charge in [0.25, 0.3) is 0 Å². The van der Waals surface area contributed by atoms with Gasteiger partial charge in [-0.25, -0.2) is 4.79 Å². The molecule has 0 aromatic heterocycles. The Morgan fingerprint density at radius 1 is 1.40 bits per heavy atom. The number of alkyl carbamates (subject to hydrolysis) is 1. The SMILES string of the molecule is C[C@@H](CCN)CCNC(=O)OC(C)(C)C. The van der Waals surface area contributed by atoms with Crippen LogP contribution >= 0.6 is 0 Å². The molecule has 0 aromatic carbocycles. The van der Waals surface area contributed by atoms with E-state index in [2.05, 4.69) is 12.2 Å². The number of hydrogen-bond donors (Lipinski definition) is 2. The van der Waals surface area contributed by atoms with Gasteiger partial charge in [0, 0.05) is 6.54 Å². The molecule has 0 fully saturated rings. The fourth-order valence-corrected chi connectivity index (χ4v) is 1.16. The summed E-state index contributed by atoms with van der Waals surface area (Å²) in [6, 6.07) is 0. The van der Waals surface area contributed by atoms with Crippen LogP contribution < -0.4 is 11.1 Å². The normalized spacial score (nSPS) is 13.4. The fourth-order valence-electron chi connectivity index (χ4n) is 1.16. The molecule has 0 radical (unpaired) electrons. The average Bonchev–Trinajstić information content (AvgIpc) is 2.00.